The van der Waals surface area contributed by atoms with Crippen molar-refractivity contribution in [2.75, 3.05) is 5.32 Å². The number of halogens is 1. The third-order valence-corrected chi connectivity index (χ3v) is 4.62. The molecule has 0 fully saturated rings. The maximum atomic E-state index is 13.2. The smallest absolute Gasteiger partial charge is 0.248 e. The van der Waals surface area contributed by atoms with Gasteiger partial charge in [-0.05, 0) is 54.1 Å². The number of hydrogen-bond acceptors (Lipinski definition) is 3. The van der Waals surface area contributed by atoms with Crippen molar-refractivity contribution in [3.63, 3.8) is 0 Å². The summed E-state index contributed by atoms with van der Waals surface area (Å²) in [5.74, 6) is -0.545. The molecule has 7 heteroatoms. The molecule has 4 aromatic rings. The average molecular weight is 401 g/mol. The summed E-state index contributed by atoms with van der Waals surface area (Å²) in [6.45, 7) is 0.675. The molecule has 2 heterocycles. The normalized spacial score (nSPS) is 11.1. The summed E-state index contributed by atoms with van der Waals surface area (Å²) in [5.41, 5.74) is 4.20. The number of benzene rings is 2. The van der Waals surface area contributed by atoms with Crippen LogP contribution in [-0.4, -0.2) is 25.5 Å². The Kier molecular flexibility index (Phi) is 5.52. The highest BCUT2D eigenvalue weighted by Crippen LogP contribution is 2.24. The fourth-order valence-electron chi connectivity index (χ4n) is 3.16. The van der Waals surface area contributed by atoms with E-state index in [0.29, 0.717) is 12.2 Å². The van der Waals surface area contributed by atoms with Gasteiger partial charge >= 0.3 is 0 Å². The lowest BCUT2D eigenvalue weighted by Gasteiger charge is -2.06. The van der Waals surface area contributed by atoms with Crippen molar-refractivity contribution >= 4 is 17.7 Å². The molecule has 1 amide bonds. The molecule has 0 atom stereocenters. The van der Waals surface area contributed by atoms with Crippen molar-refractivity contribution in [3.05, 3.63) is 96.2 Å². The Hall–Kier alpha value is -4.00. The van der Waals surface area contributed by atoms with Gasteiger partial charge in [0.25, 0.3) is 0 Å². The predicted octanol–water partition coefficient (Wildman–Crippen LogP) is 4.12. The molecular weight excluding hydrogens is 381 g/mol. The van der Waals surface area contributed by atoms with E-state index in [-0.39, 0.29) is 11.7 Å². The molecule has 4 rings (SSSR count). The van der Waals surface area contributed by atoms with Crippen LogP contribution in [-0.2, 0) is 18.4 Å². The Bertz CT molecular complexity index is 1160. The molecule has 0 spiro atoms. The van der Waals surface area contributed by atoms with E-state index in [1.807, 2.05) is 41.2 Å². The zero-order valence-corrected chi connectivity index (χ0v) is 16.4. The van der Waals surface area contributed by atoms with E-state index >= 15 is 0 Å². The zero-order valence-electron chi connectivity index (χ0n) is 16.4. The van der Waals surface area contributed by atoms with Crippen molar-refractivity contribution in [1.29, 1.82) is 0 Å². The van der Waals surface area contributed by atoms with Crippen LogP contribution in [0.2, 0.25) is 0 Å². The average Bonchev–Trinajstić information content (AvgIpc) is 3.38. The standard InChI is InChI=1S/C23H20FN5O/c1-28-23(18-5-8-20(24)9-6-18)19(15-26-28)7-12-22(30)27-21-10-3-17(4-11-21)16-29-14-2-13-25-29/h2-15H,16H2,1H3,(H,27,30)/b12-7+. The van der Waals surface area contributed by atoms with Gasteiger partial charge in [-0.2, -0.15) is 10.2 Å². The Morgan fingerprint density at radius 1 is 1.10 bits per heavy atom. The van der Waals surface area contributed by atoms with Gasteiger partial charge in [-0.3, -0.25) is 14.2 Å². The number of amides is 1. The van der Waals surface area contributed by atoms with Crippen LogP contribution in [0.4, 0.5) is 10.1 Å². The fourth-order valence-corrected chi connectivity index (χ4v) is 3.16. The third kappa shape index (κ3) is 4.52. The van der Waals surface area contributed by atoms with Gasteiger partial charge in [-0.15, -0.1) is 0 Å². The second-order valence-corrected chi connectivity index (χ2v) is 6.80. The number of anilines is 1. The summed E-state index contributed by atoms with van der Waals surface area (Å²) in [4.78, 5) is 12.3. The lowest BCUT2D eigenvalue weighted by Crippen LogP contribution is -2.08. The van der Waals surface area contributed by atoms with Crippen LogP contribution in [0.25, 0.3) is 17.3 Å². The predicted molar refractivity (Wildman–Crippen MR) is 114 cm³/mol. The molecule has 0 aliphatic rings. The summed E-state index contributed by atoms with van der Waals surface area (Å²) in [6, 6.07) is 15.7. The van der Waals surface area contributed by atoms with Crippen LogP contribution in [0.15, 0.2) is 79.3 Å². The molecule has 0 aliphatic heterocycles. The van der Waals surface area contributed by atoms with Gasteiger partial charge in [0.15, 0.2) is 0 Å². The minimum atomic E-state index is -0.298. The maximum Gasteiger partial charge on any atom is 0.248 e. The molecule has 2 aromatic heterocycles. The van der Waals surface area contributed by atoms with Gasteiger partial charge < -0.3 is 5.32 Å². The first-order valence-corrected chi connectivity index (χ1v) is 9.42. The van der Waals surface area contributed by atoms with Crippen molar-refractivity contribution in [3.8, 4) is 11.3 Å². The second-order valence-electron chi connectivity index (χ2n) is 6.80. The van der Waals surface area contributed by atoms with Gasteiger partial charge in [-0.1, -0.05) is 12.1 Å². The monoisotopic (exact) mass is 401 g/mol. The zero-order chi connectivity index (χ0) is 20.9. The van der Waals surface area contributed by atoms with Crippen LogP contribution in [0.1, 0.15) is 11.1 Å². The van der Waals surface area contributed by atoms with E-state index in [4.69, 9.17) is 0 Å². The minimum Gasteiger partial charge on any atom is -0.323 e. The van der Waals surface area contributed by atoms with Crippen LogP contribution >= 0.6 is 0 Å². The maximum absolute atomic E-state index is 13.2. The van der Waals surface area contributed by atoms with E-state index in [9.17, 15) is 9.18 Å². The Labute approximate surface area is 173 Å². The van der Waals surface area contributed by atoms with Crippen LogP contribution in [0.5, 0.6) is 0 Å². The van der Waals surface area contributed by atoms with Crippen LogP contribution < -0.4 is 5.32 Å². The van der Waals surface area contributed by atoms with E-state index in [1.54, 1.807) is 42.3 Å². The number of rotatable bonds is 6. The van der Waals surface area contributed by atoms with Gasteiger partial charge in [-0.25, -0.2) is 4.39 Å². The number of hydrogen-bond donors (Lipinski definition) is 1. The van der Waals surface area contributed by atoms with E-state index in [1.165, 1.54) is 18.2 Å². The summed E-state index contributed by atoms with van der Waals surface area (Å²) in [7, 11) is 1.81. The van der Waals surface area contributed by atoms with E-state index in [2.05, 4.69) is 15.5 Å². The summed E-state index contributed by atoms with van der Waals surface area (Å²) in [5, 5.41) is 11.3. The van der Waals surface area contributed by atoms with Gasteiger partial charge in [0.2, 0.25) is 5.91 Å². The molecule has 150 valence electrons. The first kappa shape index (κ1) is 19.3. The summed E-state index contributed by atoms with van der Waals surface area (Å²) < 4.78 is 16.7. The van der Waals surface area contributed by atoms with Crippen LogP contribution in [0, 0.1) is 5.82 Å². The summed E-state index contributed by atoms with van der Waals surface area (Å²) >= 11 is 0. The lowest BCUT2D eigenvalue weighted by atomic mass is 10.1. The number of carbonyl (C=O) groups excluding carboxylic acids is 1. The highest BCUT2D eigenvalue weighted by molar-refractivity contribution is 6.02. The number of carbonyl (C=O) groups is 1. The number of aromatic nitrogens is 4. The fraction of sp³-hybridized carbons (Fsp3) is 0.0870. The quantitative estimate of drug-likeness (QED) is 0.494. The molecule has 0 bridgehead atoms. The Morgan fingerprint density at radius 2 is 1.87 bits per heavy atom. The van der Waals surface area contributed by atoms with Crippen molar-refractivity contribution in [2.45, 2.75) is 6.54 Å². The highest BCUT2D eigenvalue weighted by Gasteiger charge is 2.09. The van der Waals surface area contributed by atoms with E-state index < -0.39 is 0 Å². The SMILES string of the molecule is Cn1ncc(/C=C/C(=O)Nc2ccc(Cn3cccn3)cc2)c1-c1ccc(F)cc1. The van der Waals surface area contributed by atoms with Crippen LogP contribution in [0.3, 0.4) is 0 Å². The minimum absolute atomic E-state index is 0.247. The summed E-state index contributed by atoms with van der Waals surface area (Å²) in [6.07, 6.45) is 8.48. The lowest BCUT2D eigenvalue weighted by molar-refractivity contribution is -0.111. The van der Waals surface area contributed by atoms with Gasteiger partial charge in [0, 0.05) is 42.3 Å². The molecule has 0 saturated carbocycles. The number of nitrogens with zero attached hydrogens (tertiary/aromatic N) is 4. The van der Waals surface area contributed by atoms with E-state index in [0.717, 1.165) is 22.4 Å². The molecule has 0 radical (unpaired) electrons. The molecule has 1 N–H and O–H groups in total. The highest BCUT2D eigenvalue weighted by atomic mass is 19.1. The van der Waals surface area contributed by atoms with Crippen molar-refractivity contribution in [1.82, 2.24) is 19.6 Å². The molecule has 2 aromatic carbocycles. The van der Waals surface area contributed by atoms with Crippen molar-refractivity contribution in [2.24, 2.45) is 7.05 Å². The topological polar surface area (TPSA) is 64.7 Å². The van der Waals surface area contributed by atoms with Gasteiger partial charge in [0.05, 0.1) is 18.4 Å². The molecule has 6 nitrogen and oxygen atoms in total. The first-order chi connectivity index (χ1) is 14.6. The number of nitrogens with one attached hydrogen (secondary N) is 1. The molecular formula is C23H20FN5O. The number of aryl methyl sites for hydroxylation is 1. The van der Waals surface area contributed by atoms with Crippen molar-refractivity contribution < 1.29 is 9.18 Å². The molecule has 0 unspecified atom stereocenters. The molecule has 30 heavy (non-hydrogen) atoms. The first-order valence-electron chi connectivity index (χ1n) is 9.42. The Morgan fingerprint density at radius 3 is 2.57 bits per heavy atom. The van der Waals surface area contributed by atoms with Gasteiger partial charge in [0.1, 0.15) is 5.82 Å². The largest absolute Gasteiger partial charge is 0.323 e. The second kappa shape index (κ2) is 8.57. The molecule has 0 aliphatic carbocycles. The Balaban J connectivity index is 1.42. The third-order valence-electron chi connectivity index (χ3n) is 4.62. The molecule has 0 saturated heterocycles.